The molecule has 90 valence electrons. The summed E-state index contributed by atoms with van der Waals surface area (Å²) >= 11 is 0. The predicted octanol–water partition coefficient (Wildman–Crippen LogP) is 1.55. The number of hydrogen-bond donors (Lipinski definition) is 1. The summed E-state index contributed by atoms with van der Waals surface area (Å²) in [5, 5.41) is 0. The van der Waals surface area contributed by atoms with Crippen molar-refractivity contribution in [1.82, 2.24) is 0 Å². The summed E-state index contributed by atoms with van der Waals surface area (Å²) in [6.07, 6.45) is 1.08. The molecule has 0 aromatic rings. The van der Waals surface area contributed by atoms with Crippen molar-refractivity contribution >= 4 is 5.91 Å². The average molecular weight is 235 g/mol. The largest absolute Gasteiger partial charge is 0.427 e. The lowest BCUT2D eigenvalue weighted by Crippen LogP contribution is -2.61. The van der Waals surface area contributed by atoms with Crippen LogP contribution in [0, 0.1) is 5.92 Å². The molecule has 16 heavy (non-hydrogen) atoms. The van der Waals surface area contributed by atoms with Crippen molar-refractivity contribution in [2.75, 3.05) is 7.11 Å². The average Bonchev–Trinajstić information content (AvgIpc) is 2.18. The number of primary amides is 1. The highest BCUT2D eigenvalue weighted by atomic mass is 19.4. The van der Waals surface area contributed by atoms with Crippen LogP contribution in [0.25, 0.3) is 0 Å². The van der Waals surface area contributed by atoms with Crippen LogP contribution in [0.15, 0.2) is 24.3 Å². The Morgan fingerprint density at radius 3 is 2.38 bits per heavy atom. The molecule has 1 rings (SSSR count). The Balaban J connectivity index is 3.18. The second-order valence-electron chi connectivity index (χ2n) is 3.46. The van der Waals surface area contributed by atoms with Crippen LogP contribution in [0.1, 0.15) is 6.42 Å². The van der Waals surface area contributed by atoms with Crippen molar-refractivity contribution in [3.05, 3.63) is 24.3 Å². The van der Waals surface area contributed by atoms with E-state index in [-0.39, 0.29) is 6.42 Å². The van der Waals surface area contributed by atoms with Gasteiger partial charge in [-0.2, -0.15) is 13.2 Å². The number of allylic oxidation sites excluding steroid dienone is 3. The molecule has 0 fully saturated rings. The Morgan fingerprint density at radius 1 is 1.44 bits per heavy atom. The number of methoxy groups -OCH3 is 1. The molecule has 0 bridgehead atoms. The monoisotopic (exact) mass is 235 g/mol. The topological polar surface area (TPSA) is 52.3 Å². The molecule has 0 saturated carbocycles. The van der Waals surface area contributed by atoms with Gasteiger partial charge < -0.3 is 10.5 Å². The summed E-state index contributed by atoms with van der Waals surface area (Å²) in [6.45, 7) is 0. The molecule has 0 radical (unpaired) electrons. The zero-order chi connectivity index (χ0) is 12.4. The number of halogens is 3. The molecule has 2 N–H and O–H groups in total. The van der Waals surface area contributed by atoms with E-state index < -0.39 is 23.6 Å². The standard InChI is InChI=1S/C10H12F3NO2/c1-16-9(8(14)15,10(11,12)13)7-5-3-2-4-6-7/h2-5,7H,6H2,1H3,(H2,14,15)/t7?,9-/m1/s1. The third-order valence-corrected chi connectivity index (χ3v) is 2.61. The van der Waals surface area contributed by atoms with E-state index >= 15 is 0 Å². The van der Waals surface area contributed by atoms with Gasteiger partial charge in [0, 0.05) is 13.0 Å². The molecule has 0 aliphatic heterocycles. The fraction of sp³-hybridized carbons (Fsp3) is 0.500. The molecule has 6 heteroatoms. The number of alkyl halides is 3. The molecule has 0 spiro atoms. The summed E-state index contributed by atoms with van der Waals surface area (Å²) in [4.78, 5) is 11.1. The minimum absolute atomic E-state index is 0.0623. The normalized spacial score (nSPS) is 24.1. The van der Waals surface area contributed by atoms with Crippen LogP contribution in [0.4, 0.5) is 13.2 Å². The highest BCUT2D eigenvalue weighted by molar-refractivity contribution is 5.85. The van der Waals surface area contributed by atoms with Crippen LogP contribution in [-0.4, -0.2) is 24.8 Å². The Bertz CT molecular complexity index is 335. The number of ether oxygens (including phenoxy) is 1. The lowest BCUT2D eigenvalue weighted by atomic mass is 9.81. The Hall–Kier alpha value is -1.30. The summed E-state index contributed by atoms with van der Waals surface area (Å²) in [5.74, 6) is -2.65. The molecule has 3 nitrogen and oxygen atoms in total. The molecule has 0 heterocycles. The van der Waals surface area contributed by atoms with Gasteiger partial charge in [-0.15, -0.1) is 0 Å². The minimum atomic E-state index is -4.84. The van der Waals surface area contributed by atoms with E-state index in [0.29, 0.717) is 0 Å². The molecule has 1 aliphatic rings. The first kappa shape index (κ1) is 12.8. The van der Waals surface area contributed by atoms with Gasteiger partial charge in [-0.1, -0.05) is 24.3 Å². The highest BCUT2D eigenvalue weighted by Gasteiger charge is 2.64. The van der Waals surface area contributed by atoms with Gasteiger partial charge in [0.25, 0.3) is 5.91 Å². The third kappa shape index (κ3) is 1.84. The smallest absolute Gasteiger partial charge is 0.367 e. The highest BCUT2D eigenvalue weighted by Crippen LogP contribution is 2.42. The quantitative estimate of drug-likeness (QED) is 0.806. The van der Waals surface area contributed by atoms with Gasteiger partial charge in [-0.25, -0.2) is 0 Å². The van der Waals surface area contributed by atoms with Gasteiger partial charge in [-0.05, 0) is 6.42 Å². The van der Waals surface area contributed by atoms with Crippen LogP contribution in [0.3, 0.4) is 0 Å². The van der Waals surface area contributed by atoms with Gasteiger partial charge in [0.05, 0.1) is 0 Å². The third-order valence-electron chi connectivity index (χ3n) is 2.61. The lowest BCUT2D eigenvalue weighted by molar-refractivity contribution is -0.270. The molecule has 1 amide bonds. The maximum Gasteiger partial charge on any atom is 0.427 e. The number of hydrogen-bond acceptors (Lipinski definition) is 2. The van der Waals surface area contributed by atoms with Crippen LogP contribution in [-0.2, 0) is 9.53 Å². The summed E-state index contributed by atoms with van der Waals surface area (Å²) in [7, 11) is 0.838. The molecule has 0 aromatic carbocycles. The van der Waals surface area contributed by atoms with Crippen molar-refractivity contribution < 1.29 is 22.7 Å². The van der Waals surface area contributed by atoms with Crippen molar-refractivity contribution in [2.45, 2.75) is 18.2 Å². The molecular weight excluding hydrogens is 223 g/mol. The Labute approximate surface area is 90.8 Å². The van der Waals surface area contributed by atoms with Crippen LogP contribution >= 0.6 is 0 Å². The first-order valence-electron chi connectivity index (χ1n) is 4.61. The second kappa shape index (κ2) is 4.29. The number of rotatable bonds is 3. The summed E-state index contributed by atoms with van der Waals surface area (Å²) < 4.78 is 43.2. The van der Waals surface area contributed by atoms with Gasteiger partial charge in [0.1, 0.15) is 0 Å². The number of carbonyl (C=O) groups excluding carboxylic acids is 1. The lowest BCUT2D eigenvalue weighted by Gasteiger charge is -2.36. The van der Waals surface area contributed by atoms with E-state index in [0.717, 1.165) is 7.11 Å². The number of nitrogens with two attached hydrogens (primary N) is 1. The zero-order valence-electron chi connectivity index (χ0n) is 8.62. The first-order valence-corrected chi connectivity index (χ1v) is 4.61. The van der Waals surface area contributed by atoms with Gasteiger partial charge >= 0.3 is 6.18 Å². The predicted molar refractivity (Wildman–Crippen MR) is 51.4 cm³/mol. The molecule has 0 saturated heterocycles. The maximum absolute atomic E-state index is 12.9. The van der Waals surface area contributed by atoms with Gasteiger partial charge in [-0.3, -0.25) is 4.79 Å². The second-order valence-corrected chi connectivity index (χ2v) is 3.46. The summed E-state index contributed by atoms with van der Waals surface area (Å²) in [6, 6.07) is 0. The van der Waals surface area contributed by atoms with Crippen LogP contribution in [0.5, 0.6) is 0 Å². The van der Waals surface area contributed by atoms with Crippen molar-refractivity contribution in [3.63, 3.8) is 0 Å². The Kier molecular flexibility index (Phi) is 3.42. The zero-order valence-corrected chi connectivity index (χ0v) is 8.62. The van der Waals surface area contributed by atoms with Crippen LogP contribution in [0.2, 0.25) is 0 Å². The number of carbonyl (C=O) groups is 1. The minimum Gasteiger partial charge on any atom is -0.367 e. The van der Waals surface area contributed by atoms with E-state index in [1.54, 1.807) is 6.08 Å². The van der Waals surface area contributed by atoms with E-state index in [1.165, 1.54) is 18.2 Å². The molecule has 1 unspecified atom stereocenters. The fourth-order valence-corrected chi connectivity index (χ4v) is 1.78. The van der Waals surface area contributed by atoms with E-state index in [1.807, 2.05) is 0 Å². The van der Waals surface area contributed by atoms with Gasteiger partial charge in [0.2, 0.25) is 5.60 Å². The SMILES string of the molecule is CO[C@@](C(N)=O)(C1C=CC=CC1)C(F)(F)F. The molecule has 0 aromatic heterocycles. The van der Waals surface area contributed by atoms with E-state index in [9.17, 15) is 18.0 Å². The first-order chi connectivity index (χ1) is 7.36. The maximum atomic E-state index is 12.9. The van der Waals surface area contributed by atoms with Crippen molar-refractivity contribution in [1.29, 1.82) is 0 Å². The molecule has 1 aliphatic carbocycles. The van der Waals surface area contributed by atoms with Crippen molar-refractivity contribution in [3.8, 4) is 0 Å². The van der Waals surface area contributed by atoms with Gasteiger partial charge in [0.15, 0.2) is 0 Å². The summed E-state index contributed by atoms with van der Waals surface area (Å²) in [5.41, 5.74) is 1.91. The van der Waals surface area contributed by atoms with Crippen molar-refractivity contribution in [2.24, 2.45) is 11.7 Å². The molecular formula is C10H12F3NO2. The number of amides is 1. The van der Waals surface area contributed by atoms with Crippen LogP contribution < -0.4 is 5.73 Å². The Morgan fingerprint density at radius 2 is 2.06 bits per heavy atom. The van der Waals surface area contributed by atoms with E-state index in [4.69, 9.17) is 5.73 Å². The van der Waals surface area contributed by atoms with E-state index in [2.05, 4.69) is 4.74 Å². The molecule has 2 atom stereocenters. The fourth-order valence-electron chi connectivity index (χ4n) is 1.78.